The van der Waals surface area contributed by atoms with E-state index >= 15 is 4.57 Å². The van der Waals surface area contributed by atoms with Gasteiger partial charge in [0.05, 0.1) is 19.9 Å². The van der Waals surface area contributed by atoms with Crippen LogP contribution in [0, 0.1) is 0 Å². The van der Waals surface area contributed by atoms with Crippen LogP contribution in [-0.2, 0) is 4.57 Å². The summed E-state index contributed by atoms with van der Waals surface area (Å²) >= 11 is 0. The highest BCUT2D eigenvalue weighted by molar-refractivity contribution is 7.79. The molecule has 0 spiro atoms. The average molecular weight is 455 g/mol. The zero-order valence-corrected chi connectivity index (χ0v) is 19.7. The Morgan fingerprint density at radius 2 is 1.09 bits per heavy atom. The highest BCUT2D eigenvalue weighted by atomic mass is 31.2. The molecule has 0 aliphatic rings. The molecule has 0 aliphatic carbocycles. The van der Waals surface area contributed by atoms with Crippen LogP contribution in [0.5, 0.6) is 11.5 Å². The average Bonchev–Trinajstić information content (AvgIpc) is 2.90. The molecule has 0 fully saturated rings. The van der Waals surface area contributed by atoms with E-state index in [2.05, 4.69) is 12.2 Å². The number of rotatable bonds is 8. The van der Waals surface area contributed by atoms with Crippen molar-refractivity contribution in [1.29, 1.82) is 0 Å². The molecule has 4 aromatic carbocycles. The molecule has 0 amide bonds. The Hall–Kier alpha value is -3.55. The lowest BCUT2D eigenvalue weighted by Gasteiger charge is -2.27. The highest BCUT2D eigenvalue weighted by Crippen LogP contribution is 2.58. The van der Waals surface area contributed by atoms with E-state index in [-0.39, 0.29) is 5.66 Å². The molecule has 0 N–H and O–H groups in total. The lowest BCUT2D eigenvalue weighted by atomic mass is 10.1. The monoisotopic (exact) mass is 454 g/mol. The van der Waals surface area contributed by atoms with Gasteiger partial charge in [0, 0.05) is 10.6 Å². The molecule has 1 atom stereocenters. The number of benzene rings is 4. The standard InChI is InChI=1S/C29H27O3P/c1-31-25-14-18-27(19-15-25)33(30,28-20-16-26(32-2)17-21-28)29(24-11-7-4-8-12-24)22-13-23-9-5-3-6-10-23/h3-22,29H,1-2H3/b22-13+. The van der Waals surface area contributed by atoms with Gasteiger partial charge in [-0.1, -0.05) is 72.8 Å². The van der Waals surface area contributed by atoms with Crippen molar-refractivity contribution in [2.75, 3.05) is 14.2 Å². The molecule has 1 unspecified atom stereocenters. The molecule has 0 saturated heterocycles. The van der Waals surface area contributed by atoms with E-state index in [4.69, 9.17) is 9.47 Å². The minimum atomic E-state index is -3.15. The zero-order valence-electron chi connectivity index (χ0n) is 18.8. The summed E-state index contributed by atoms with van der Waals surface area (Å²) in [6.07, 6.45) is 4.12. The second-order valence-corrected chi connectivity index (χ2v) is 10.6. The molecule has 3 nitrogen and oxygen atoms in total. The van der Waals surface area contributed by atoms with Gasteiger partial charge in [0.15, 0.2) is 7.14 Å². The van der Waals surface area contributed by atoms with Crippen LogP contribution in [0.15, 0.2) is 115 Å². The molecule has 0 aromatic heterocycles. The van der Waals surface area contributed by atoms with Crippen molar-refractivity contribution >= 4 is 23.8 Å². The molecule has 0 aliphatic heterocycles. The first-order chi connectivity index (χ1) is 16.1. The van der Waals surface area contributed by atoms with Gasteiger partial charge < -0.3 is 14.0 Å². The van der Waals surface area contributed by atoms with Crippen LogP contribution in [0.1, 0.15) is 16.8 Å². The minimum Gasteiger partial charge on any atom is -0.497 e. The van der Waals surface area contributed by atoms with Gasteiger partial charge in [-0.05, 0) is 59.7 Å². The number of ether oxygens (including phenoxy) is 2. The summed E-state index contributed by atoms with van der Waals surface area (Å²) in [7, 11) is 0.113. The molecule has 0 radical (unpaired) electrons. The smallest absolute Gasteiger partial charge is 0.153 e. The maximum Gasteiger partial charge on any atom is 0.153 e. The maximum atomic E-state index is 15.2. The molecule has 4 rings (SSSR count). The van der Waals surface area contributed by atoms with E-state index < -0.39 is 7.14 Å². The van der Waals surface area contributed by atoms with Crippen molar-refractivity contribution < 1.29 is 14.0 Å². The quantitative estimate of drug-likeness (QED) is 0.286. The van der Waals surface area contributed by atoms with Gasteiger partial charge in [0.2, 0.25) is 0 Å². The Kier molecular flexibility index (Phi) is 7.12. The van der Waals surface area contributed by atoms with Gasteiger partial charge in [0.25, 0.3) is 0 Å². The summed E-state index contributed by atoms with van der Waals surface area (Å²) in [5, 5.41) is 1.56. The third kappa shape index (κ3) is 4.94. The molecule has 0 saturated carbocycles. The van der Waals surface area contributed by atoms with Crippen molar-refractivity contribution in [3.8, 4) is 11.5 Å². The molecule has 4 aromatic rings. The van der Waals surface area contributed by atoms with Crippen molar-refractivity contribution in [2.45, 2.75) is 5.66 Å². The molecule has 33 heavy (non-hydrogen) atoms. The Balaban J connectivity index is 1.92. The Labute approximate surface area is 195 Å². The van der Waals surface area contributed by atoms with Crippen molar-refractivity contribution in [3.05, 3.63) is 126 Å². The SMILES string of the molecule is COc1ccc(P(=O)(c2ccc(OC)cc2)C(/C=C/c2ccccc2)c2ccccc2)cc1. The van der Waals surface area contributed by atoms with E-state index in [1.165, 1.54) is 0 Å². The maximum absolute atomic E-state index is 15.2. The fourth-order valence-electron chi connectivity index (χ4n) is 3.94. The van der Waals surface area contributed by atoms with E-state index in [0.717, 1.165) is 33.2 Å². The van der Waals surface area contributed by atoms with Gasteiger partial charge in [-0.15, -0.1) is 0 Å². The van der Waals surface area contributed by atoms with Gasteiger partial charge in [0.1, 0.15) is 11.5 Å². The third-order valence-electron chi connectivity index (χ3n) is 5.72. The van der Waals surface area contributed by atoms with Crippen LogP contribution < -0.4 is 20.1 Å². The third-order valence-corrected chi connectivity index (χ3v) is 9.10. The summed E-state index contributed by atoms with van der Waals surface area (Å²) in [5.41, 5.74) is 1.72. The number of allylic oxidation sites excluding steroid dienone is 1. The molecule has 0 bridgehead atoms. The molecule has 4 heteroatoms. The van der Waals surface area contributed by atoms with Crippen molar-refractivity contribution in [2.24, 2.45) is 0 Å². The second kappa shape index (κ2) is 10.4. The van der Waals surface area contributed by atoms with Crippen molar-refractivity contribution in [1.82, 2.24) is 0 Å². The topological polar surface area (TPSA) is 35.5 Å². The fraction of sp³-hybridized carbons (Fsp3) is 0.103. The second-order valence-electron chi connectivity index (χ2n) is 7.68. The summed E-state index contributed by atoms with van der Waals surface area (Å²) in [5.74, 6) is 1.47. The van der Waals surface area contributed by atoms with Gasteiger partial charge in [-0.2, -0.15) is 0 Å². The van der Waals surface area contributed by atoms with Crippen molar-refractivity contribution in [3.63, 3.8) is 0 Å². The van der Waals surface area contributed by atoms with Crippen LogP contribution in [0.3, 0.4) is 0 Å². The lowest BCUT2D eigenvalue weighted by Crippen LogP contribution is -2.21. The largest absolute Gasteiger partial charge is 0.497 e. The van der Waals surface area contributed by atoms with Gasteiger partial charge >= 0.3 is 0 Å². The Bertz CT molecular complexity index is 1180. The summed E-state index contributed by atoms with van der Waals surface area (Å²) in [4.78, 5) is 0. The van der Waals surface area contributed by atoms with E-state index in [1.807, 2.05) is 109 Å². The molecule has 0 heterocycles. The van der Waals surface area contributed by atoms with Crippen LogP contribution in [0.2, 0.25) is 0 Å². The fourth-order valence-corrected chi connectivity index (χ4v) is 6.98. The zero-order chi connectivity index (χ0) is 23.1. The summed E-state index contributed by atoms with van der Waals surface area (Å²) in [6, 6.07) is 35.3. The van der Waals surface area contributed by atoms with E-state index in [1.54, 1.807) is 14.2 Å². The van der Waals surface area contributed by atoms with Crippen LogP contribution >= 0.6 is 7.14 Å². The Morgan fingerprint density at radius 3 is 1.55 bits per heavy atom. The van der Waals surface area contributed by atoms with Gasteiger partial charge in [-0.25, -0.2) is 0 Å². The summed E-state index contributed by atoms with van der Waals surface area (Å²) < 4.78 is 25.9. The summed E-state index contributed by atoms with van der Waals surface area (Å²) in [6.45, 7) is 0. The van der Waals surface area contributed by atoms with Crippen LogP contribution in [0.25, 0.3) is 6.08 Å². The number of hydrogen-bond acceptors (Lipinski definition) is 3. The first kappa shape index (κ1) is 22.6. The molecular weight excluding hydrogens is 427 g/mol. The Morgan fingerprint density at radius 1 is 0.636 bits per heavy atom. The first-order valence-electron chi connectivity index (χ1n) is 10.8. The van der Waals surface area contributed by atoms with Crippen LogP contribution in [-0.4, -0.2) is 14.2 Å². The predicted octanol–water partition coefficient (Wildman–Crippen LogP) is 6.47. The number of hydrogen-bond donors (Lipinski definition) is 0. The highest BCUT2D eigenvalue weighted by Gasteiger charge is 2.36. The molecule has 166 valence electrons. The minimum absolute atomic E-state index is 0.347. The number of methoxy groups -OCH3 is 2. The van der Waals surface area contributed by atoms with E-state index in [0.29, 0.717) is 0 Å². The van der Waals surface area contributed by atoms with Crippen LogP contribution in [0.4, 0.5) is 0 Å². The molecular formula is C29H27O3P. The van der Waals surface area contributed by atoms with Gasteiger partial charge in [-0.3, -0.25) is 0 Å². The first-order valence-corrected chi connectivity index (χ1v) is 12.6. The normalized spacial score (nSPS) is 12.4. The predicted molar refractivity (Wildman–Crippen MR) is 138 cm³/mol. The van der Waals surface area contributed by atoms with E-state index in [9.17, 15) is 0 Å². The lowest BCUT2D eigenvalue weighted by molar-refractivity contribution is 0.415.